The number of rotatable bonds is 3. The molecule has 0 bridgehead atoms. The first kappa shape index (κ1) is 11.7. The molecule has 0 radical (unpaired) electrons. The van der Waals surface area contributed by atoms with Crippen molar-refractivity contribution in [1.29, 1.82) is 0 Å². The molecule has 0 saturated heterocycles. The van der Waals surface area contributed by atoms with Crippen LogP contribution in [0.4, 0.5) is 5.69 Å². The van der Waals surface area contributed by atoms with Gasteiger partial charge in [-0.05, 0) is 19.9 Å². The van der Waals surface area contributed by atoms with Crippen LogP contribution in [0.2, 0.25) is 0 Å². The van der Waals surface area contributed by atoms with Gasteiger partial charge in [-0.25, -0.2) is 0 Å². The molecule has 0 saturated carbocycles. The van der Waals surface area contributed by atoms with Crippen molar-refractivity contribution >= 4 is 11.6 Å². The number of amides is 1. The monoisotopic (exact) mass is 208 g/mol. The van der Waals surface area contributed by atoms with Gasteiger partial charge in [-0.3, -0.25) is 4.79 Å². The lowest BCUT2D eigenvalue weighted by molar-refractivity contribution is -0.117. The molecule has 0 spiro atoms. The molecule has 4 heteroatoms. The molecule has 1 amide bonds. The second-order valence-corrected chi connectivity index (χ2v) is 3.54. The minimum Gasteiger partial charge on any atom is -0.389 e. The van der Waals surface area contributed by atoms with E-state index in [-0.39, 0.29) is 5.91 Å². The van der Waals surface area contributed by atoms with Gasteiger partial charge in [-0.15, -0.1) is 0 Å². The van der Waals surface area contributed by atoms with Crippen molar-refractivity contribution in [2.24, 2.45) is 5.73 Å². The number of aliphatic hydroxyl groups is 1. The number of nitrogens with two attached hydrogens (primary N) is 1. The second-order valence-electron chi connectivity index (χ2n) is 3.54. The molecule has 2 atom stereocenters. The number of carbonyl (C=O) groups is 1. The van der Waals surface area contributed by atoms with Crippen LogP contribution in [0.1, 0.15) is 25.5 Å². The van der Waals surface area contributed by atoms with Gasteiger partial charge in [-0.1, -0.05) is 18.2 Å². The van der Waals surface area contributed by atoms with Crippen molar-refractivity contribution in [1.82, 2.24) is 0 Å². The molecule has 1 aromatic carbocycles. The molecule has 0 aliphatic rings. The number of nitrogens with one attached hydrogen (secondary N) is 1. The predicted octanol–water partition coefficient (Wildman–Crippen LogP) is 1.03. The summed E-state index contributed by atoms with van der Waals surface area (Å²) in [7, 11) is 0. The predicted molar refractivity (Wildman–Crippen MR) is 59.4 cm³/mol. The van der Waals surface area contributed by atoms with Crippen LogP contribution in [0, 0.1) is 0 Å². The summed E-state index contributed by atoms with van der Waals surface area (Å²) in [6, 6.07) is 6.54. The van der Waals surface area contributed by atoms with E-state index >= 15 is 0 Å². The topological polar surface area (TPSA) is 75.4 Å². The van der Waals surface area contributed by atoms with Gasteiger partial charge in [0.2, 0.25) is 5.91 Å². The Kier molecular flexibility index (Phi) is 3.82. The zero-order valence-corrected chi connectivity index (χ0v) is 8.90. The van der Waals surface area contributed by atoms with E-state index in [0.29, 0.717) is 11.3 Å². The van der Waals surface area contributed by atoms with E-state index in [4.69, 9.17) is 5.73 Å². The summed E-state index contributed by atoms with van der Waals surface area (Å²) >= 11 is 0. The Morgan fingerprint density at radius 3 is 2.53 bits per heavy atom. The molecular formula is C11H16N2O2. The average Bonchev–Trinajstić information content (AvgIpc) is 2.18. The summed E-state index contributed by atoms with van der Waals surface area (Å²) in [6.45, 7) is 3.26. The minimum atomic E-state index is -0.616. The number of hydrogen-bond donors (Lipinski definition) is 3. The van der Waals surface area contributed by atoms with E-state index < -0.39 is 12.1 Å². The number of para-hydroxylation sites is 1. The number of benzene rings is 1. The molecule has 4 nitrogen and oxygen atoms in total. The van der Waals surface area contributed by atoms with E-state index in [1.165, 1.54) is 0 Å². The number of aliphatic hydroxyl groups excluding tert-OH is 1. The molecule has 15 heavy (non-hydrogen) atoms. The Morgan fingerprint density at radius 1 is 1.40 bits per heavy atom. The summed E-state index contributed by atoms with van der Waals surface area (Å²) in [5.41, 5.74) is 6.73. The van der Waals surface area contributed by atoms with Gasteiger partial charge in [0, 0.05) is 11.3 Å². The molecule has 0 fully saturated rings. The fourth-order valence-electron chi connectivity index (χ4n) is 1.22. The first-order chi connectivity index (χ1) is 7.02. The first-order valence-electron chi connectivity index (χ1n) is 4.86. The number of carbonyl (C=O) groups excluding carboxylic acids is 1. The lowest BCUT2D eigenvalue weighted by Crippen LogP contribution is -2.32. The summed E-state index contributed by atoms with van der Waals surface area (Å²) < 4.78 is 0. The number of anilines is 1. The van der Waals surface area contributed by atoms with Crippen molar-refractivity contribution < 1.29 is 9.90 Å². The molecule has 0 aliphatic carbocycles. The molecule has 82 valence electrons. The molecule has 0 aromatic heterocycles. The van der Waals surface area contributed by atoms with Crippen molar-refractivity contribution in [3.8, 4) is 0 Å². The van der Waals surface area contributed by atoms with Crippen LogP contribution >= 0.6 is 0 Å². The van der Waals surface area contributed by atoms with Crippen molar-refractivity contribution in [3.05, 3.63) is 29.8 Å². The van der Waals surface area contributed by atoms with Gasteiger partial charge in [0.15, 0.2) is 0 Å². The molecule has 2 unspecified atom stereocenters. The van der Waals surface area contributed by atoms with E-state index in [1.54, 1.807) is 32.0 Å². The first-order valence-corrected chi connectivity index (χ1v) is 4.86. The SMILES string of the molecule is CC(N)C(=O)Nc1ccccc1C(C)O. The third-order valence-electron chi connectivity index (χ3n) is 2.08. The Bertz CT molecular complexity index is 348. The van der Waals surface area contributed by atoms with E-state index in [9.17, 15) is 9.90 Å². The van der Waals surface area contributed by atoms with E-state index in [2.05, 4.69) is 5.32 Å². The zero-order chi connectivity index (χ0) is 11.4. The van der Waals surface area contributed by atoms with Crippen molar-refractivity contribution in [2.45, 2.75) is 26.0 Å². The third kappa shape index (κ3) is 3.04. The van der Waals surface area contributed by atoms with Gasteiger partial charge in [0.05, 0.1) is 12.1 Å². The highest BCUT2D eigenvalue weighted by Gasteiger charge is 2.12. The van der Waals surface area contributed by atoms with Gasteiger partial charge in [-0.2, -0.15) is 0 Å². The minimum absolute atomic E-state index is 0.261. The largest absolute Gasteiger partial charge is 0.389 e. The third-order valence-corrected chi connectivity index (χ3v) is 2.08. The normalized spacial score (nSPS) is 14.4. The van der Waals surface area contributed by atoms with Crippen LogP contribution in [-0.4, -0.2) is 17.1 Å². The molecule has 0 aliphatic heterocycles. The van der Waals surface area contributed by atoms with Crippen LogP contribution in [0.5, 0.6) is 0 Å². The lowest BCUT2D eigenvalue weighted by Gasteiger charge is -2.14. The summed E-state index contributed by atoms with van der Waals surface area (Å²) in [6.07, 6.45) is -0.616. The quantitative estimate of drug-likeness (QED) is 0.694. The van der Waals surface area contributed by atoms with Crippen LogP contribution in [-0.2, 0) is 4.79 Å². The van der Waals surface area contributed by atoms with Gasteiger partial charge < -0.3 is 16.2 Å². The summed E-state index contributed by atoms with van der Waals surface area (Å²) in [5, 5.41) is 12.1. The average molecular weight is 208 g/mol. The molecular weight excluding hydrogens is 192 g/mol. The van der Waals surface area contributed by atoms with Gasteiger partial charge in [0.25, 0.3) is 0 Å². The Morgan fingerprint density at radius 2 is 2.00 bits per heavy atom. The Balaban J connectivity index is 2.89. The highest BCUT2D eigenvalue weighted by atomic mass is 16.3. The molecule has 4 N–H and O–H groups in total. The standard InChI is InChI=1S/C11H16N2O2/c1-7(12)11(15)13-10-6-4-3-5-9(10)8(2)14/h3-8,14H,12H2,1-2H3,(H,13,15). The van der Waals surface area contributed by atoms with Crippen LogP contribution in [0.15, 0.2) is 24.3 Å². The van der Waals surface area contributed by atoms with Gasteiger partial charge in [0.1, 0.15) is 0 Å². The molecule has 0 heterocycles. The maximum atomic E-state index is 11.4. The Hall–Kier alpha value is -1.39. The zero-order valence-electron chi connectivity index (χ0n) is 8.90. The van der Waals surface area contributed by atoms with Crippen LogP contribution in [0.25, 0.3) is 0 Å². The number of hydrogen-bond acceptors (Lipinski definition) is 3. The summed E-state index contributed by atoms with van der Waals surface area (Å²) in [5.74, 6) is -0.261. The summed E-state index contributed by atoms with van der Waals surface area (Å²) in [4.78, 5) is 11.4. The smallest absolute Gasteiger partial charge is 0.241 e. The van der Waals surface area contributed by atoms with Crippen molar-refractivity contribution in [2.75, 3.05) is 5.32 Å². The highest BCUT2D eigenvalue weighted by Crippen LogP contribution is 2.22. The fourth-order valence-corrected chi connectivity index (χ4v) is 1.22. The van der Waals surface area contributed by atoms with Crippen molar-refractivity contribution in [3.63, 3.8) is 0 Å². The van der Waals surface area contributed by atoms with Gasteiger partial charge >= 0.3 is 0 Å². The maximum absolute atomic E-state index is 11.4. The lowest BCUT2D eigenvalue weighted by atomic mass is 10.1. The highest BCUT2D eigenvalue weighted by molar-refractivity contribution is 5.95. The molecule has 1 rings (SSSR count). The van der Waals surface area contributed by atoms with Crippen LogP contribution < -0.4 is 11.1 Å². The second kappa shape index (κ2) is 4.91. The Labute approximate surface area is 89.1 Å². The van der Waals surface area contributed by atoms with E-state index in [0.717, 1.165) is 0 Å². The maximum Gasteiger partial charge on any atom is 0.241 e. The molecule has 1 aromatic rings. The van der Waals surface area contributed by atoms with E-state index in [1.807, 2.05) is 6.07 Å². The fraction of sp³-hybridized carbons (Fsp3) is 0.364. The van der Waals surface area contributed by atoms with Crippen LogP contribution in [0.3, 0.4) is 0 Å².